The topological polar surface area (TPSA) is 75.1 Å². The molecule has 3 heterocycles. The Balaban J connectivity index is 1.34. The third kappa shape index (κ3) is 4.45. The van der Waals surface area contributed by atoms with Crippen LogP contribution >= 0.6 is 0 Å². The van der Waals surface area contributed by atoms with E-state index >= 15 is 0 Å². The smallest absolute Gasteiger partial charge is 0.315 e. The van der Waals surface area contributed by atoms with E-state index in [4.69, 9.17) is 0 Å². The second-order valence-electron chi connectivity index (χ2n) is 5.64. The highest BCUT2D eigenvalue weighted by Gasteiger charge is 2.24. The molecular formula is C16H22N6O. The number of nitrogens with zero attached hydrogens (tertiary/aromatic N) is 4. The Morgan fingerprint density at radius 2 is 2.26 bits per heavy atom. The number of amides is 2. The summed E-state index contributed by atoms with van der Waals surface area (Å²) in [5, 5.41) is 10.1. The van der Waals surface area contributed by atoms with E-state index in [0.29, 0.717) is 6.54 Å². The molecule has 2 aromatic heterocycles. The number of anilines is 1. The first kappa shape index (κ1) is 15.3. The Morgan fingerprint density at radius 1 is 1.30 bits per heavy atom. The first-order valence-corrected chi connectivity index (χ1v) is 7.99. The number of carbonyl (C=O) groups is 1. The van der Waals surface area contributed by atoms with E-state index < -0.39 is 0 Å². The highest BCUT2D eigenvalue weighted by atomic mass is 16.2. The predicted octanol–water partition coefficient (Wildman–Crippen LogP) is 1.25. The van der Waals surface area contributed by atoms with E-state index in [9.17, 15) is 4.79 Å². The van der Waals surface area contributed by atoms with Gasteiger partial charge in [0.25, 0.3) is 0 Å². The van der Waals surface area contributed by atoms with Crippen LogP contribution in [0.15, 0.2) is 42.9 Å². The first-order chi connectivity index (χ1) is 11.3. The van der Waals surface area contributed by atoms with Crippen LogP contribution in [0.25, 0.3) is 0 Å². The molecule has 23 heavy (non-hydrogen) atoms. The second kappa shape index (κ2) is 7.62. The molecule has 7 heteroatoms. The van der Waals surface area contributed by atoms with Crippen molar-refractivity contribution >= 4 is 11.8 Å². The normalized spacial score (nSPS) is 17.2. The molecule has 7 nitrogen and oxygen atoms in total. The fraction of sp³-hybridized carbons (Fsp3) is 0.438. The lowest BCUT2D eigenvalue weighted by Gasteiger charge is -2.18. The minimum Gasteiger partial charge on any atom is -0.354 e. The Morgan fingerprint density at radius 3 is 3.04 bits per heavy atom. The highest BCUT2D eigenvalue weighted by molar-refractivity contribution is 5.74. The van der Waals surface area contributed by atoms with Gasteiger partial charge in [-0.05, 0) is 31.0 Å². The van der Waals surface area contributed by atoms with Crippen LogP contribution in [0.3, 0.4) is 0 Å². The van der Waals surface area contributed by atoms with Crippen LogP contribution in [-0.2, 0) is 6.54 Å². The Hall–Kier alpha value is -2.57. The monoisotopic (exact) mass is 314 g/mol. The van der Waals surface area contributed by atoms with Crippen molar-refractivity contribution in [3.05, 3.63) is 42.9 Å². The summed E-state index contributed by atoms with van der Waals surface area (Å²) in [4.78, 5) is 18.5. The molecule has 0 aliphatic carbocycles. The van der Waals surface area contributed by atoms with Gasteiger partial charge in [0.15, 0.2) is 0 Å². The summed E-state index contributed by atoms with van der Waals surface area (Å²) in [5.74, 6) is 0.969. The number of carbonyl (C=O) groups excluding carboxylic acids is 1. The molecule has 0 bridgehead atoms. The molecule has 0 saturated carbocycles. The first-order valence-electron chi connectivity index (χ1n) is 7.99. The van der Waals surface area contributed by atoms with Gasteiger partial charge in [0.1, 0.15) is 5.82 Å². The van der Waals surface area contributed by atoms with Gasteiger partial charge in [-0.3, -0.25) is 4.68 Å². The number of aryl methyl sites for hydroxylation is 1. The zero-order valence-electron chi connectivity index (χ0n) is 13.1. The minimum atomic E-state index is -0.0988. The lowest BCUT2D eigenvalue weighted by Crippen LogP contribution is -2.43. The summed E-state index contributed by atoms with van der Waals surface area (Å²) in [5.41, 5.74) is 0. The Labute approximate surface area is 135 Å². The summed E-state index contributed by atoms with van der Waals surface area (Å²) in [6, 6.07) is 7.86. The highest BCUT2D eigenvalue weighted by Crippen LogP contribution is 2.17. The number of nitrogens with one attached hydrogen (secondary N) is 2. The number of rotatable bonds is 6. The molecule has 0 unspecified atom stereocenters. The summed E-state index contributed by atoms with van der Waals surface area (Å²) in [6.45, 7) is 3.17. The van der Waals surface area contributed by atoms with Gasteiger partial charge in [-0.15, -0.1) is 0 Å². The van der Waals surface area contributed by atoms with Gasteiger partial charge in [0.2, 0.25) is 0 Å². The van der Waals surface area contributed by atoms with Crippen molar-refractivity contribution in [3.63, 3.8) is 0 Å². The van der Waals surface area contributed by atoms with Gasteiger partial charge in [-0.25, -0.2) is 9.78 Å². The molecule has 2 amide bonds. The number of aromatic nitrogens is 3. The van der Waals surface area contributed by atoms with Crippen LogP contribution in [0.1, 0.15) is 12.8 Å². The summed E-state index contributed by atoms with van der Waals surface area (Å²) >= 11 is 0. The number of urea groups is 1. The lowest BCUT2D eigenvalue weighted by atomic mass is 10.3. The lowest BCUT2D eigenvalue weighted by molar-refractivity contribution is 0.237. The van der Waals surface area contributed by atoms with Gasteiger partial charge in [0, 0.05) is 50.8 Å². The molecule has 1 aliphatic heterocycles. The van der Waals surface area contributed by atoms with E-state index in [1.165, 1.54) is 0 Å². The summed E-state index contributed by atoms with van der Waals surface area (Å²) in [6.07, 6.45) is 7.28. The zero-order chi connectivity index (χ0) is 15.9. The largest absolute Gasteiger partial charge is 0.354 e. The molecule has 0 radical (unpaired) electrons. The van der Waals surface area contributed by atoms with E-state index in [1.54, 1.807) is 12.4 Å². The maximum atomic E-state index is 11.9. The average molecular weight is 314 g/mol. The van der Waals surface area contributed by atoms with Crippen molar-refractivity contribution in [2.45, 2.75) is 25.4 Å². The van der Waals surface area contributed by atoms with Gasteiger partial charge in [-0.1, -0.05) is 6.07 Å². The van der Waals surface area contributed by atoms with E-state index in [1.807, 2.05) is 35.1 Å². The molecule has 122 valence electrons. The number of hydrogen-bond donors (Lipinski definition) is 2. The maximum absolute atomic E-state index is 11.9. The van der Waals surface area contributed by atoms with E-state index in [2.05, 4.69) is 25.6 Å². The van der Waals surface area contributed by atoms with Crippen LogP contribution < -0.4 is 15.5 Å². The third-order valence-corrected chi connectivity index (χ3v) is 3.91. The van der Waals surface area contributed by atoms with Crippen molar-refractivity contribution in [1.82, 2.24) is 25.4 Å². The molecule has 0 spiro atoms. The van der Waals surface area contributed by atoms with Gasteiger partial charge in [-0.2, -0.15) is 5.10 Å². The van der Waals surface area contributed by atoms with Crippen LogP contribution in [0.2, 0.25) is 0 Å². The van der Waals surface area contributed by atoms with Crippen LogP contribution in [-0.4, -0.2) is 46.5 Å². The Bertz CT molecular complexity index is 600. The molecule has 1 atom stereocenters. The average Bonchev–Trinajstić information content (AvgIpc) is 3.24. The molecule has 0 aromatic carbocycles. The number of pyridine rings is 1. The van der Waals surface area contributed by atoms with E-state index in [-0.39, 0.29) is 12.1 Å². The molecule has 3 rings (SSSR count). The van der Waals surface area contributed by atoms with Crippen molar-refractivity contribution in [3.8, 4) is 0 Å². The van der Waals surface area contributed by atoms with Crippen molar-refractivity contribution in [2.24, 2.45) is 0 Å². The second-order valence-corrected chi connectivity index (χ2v) is 5.64. The van der Waals surface area contributed by atoms with Crippen LogP contribution in [0.4, 0.5) is 10.6 Å². The van der Waals surface area contributed by atoms with Gasteiger partial charge in [0.05, 0.1) is 0 Å². The standard InChI is InChI=1S/C16H22N6O/c23-16(18-8-3-10-22-11-4-9-19-22)20-14-6-12-21(13-14)15-5-1-2-7-17-15/h1-2,4-5,7,9,11,14H,3,6,8,10,12-13H2,(H2,18,20,23)/t14-/m0/s1. The molecule has 1 aliphatic rings. The van der Waals surface area contributed by atoms with Gasteiger partial charge < -0.3 is 15.5 Å². The van der Waals surface area contributed by atoms with Crippen LogP contribution in [0.5, 0.6) is 0 Å². The summed E-state index contributed by atoms with van der Waals surface area (Å²) < 4.78 is 1.86. The predicted molar refractivity (Wildman–Crippen MR) is 88.2 cm³/mol. The Kier molecular flexibility index (Phi) is 5.08. The molecule has 2 N–H and O–H groups in total. The molecular weight excluding hydrogens is 292 g/mol. The van der Waals surface area contributed by atoms with Gasteiger partial charge >= 0.3 is 6.03 Å². The fourth-order valence-corrected chi connectivity index (χ4v) is 2.74. The van der Waals surface area contributed by atoms with E-state index in [0.717, 1.165) is 38.3 Å². The van der Waals surface area contributed by atoms with Crippen molar-refractivity contribution in [2.75, 3.05) is 24.5 Å². The third-order valence-electron chi connectivity index (χ3n) is 3.91. The molecule has 1 fully saturated rings. The fourth-order valence-electron chi connectivity index (χ4n) is 2.74. The maximum Gasteiger partial charge on any atom is 0.315 e. The minimum absolute atomic E-state index is 0.0988. The molecule has 2 aromatic rings. The SMILES string of the molecule is O=C(NCCCn1cccn1)N[C@H]1CCN(c2ccccn2)C1. The quantitative estimate of drug-likeness (QED) is 0.787. The summed E-state index contributed by atoms with van der Waals surface area (Å²) in [7, 11) is 0. The zero-order valence-corrected chi connectivity index (χ0v) is 13.1. The number of hydrogen-bond acceptors (Lipinski definition) is 4. The van der Waals surface area contributed by atoms with Crippen molar-refractivity contribution in [1.29, 1.82) is 0 Å². The van der Waals surface area contributed by atoms with Crippen molar-refractivity contribution < 1.29 is 4.79 Å². The van der Waals surface area contributed by atoms with Crippen LogP contribution in [0, 0.1) is 0 Å². The molecule has 1 saturated heterocycles.